The van der Waals surface area contributed by atoms with E-state index >= 15 is 0 Å². The molecule has 9 heteroatoms. The molecule has 0 spiro atoms. The van der Waals surface area contributed by atoms with Crippen molar-refractivity contribution in [2.75, 3.05) is 13.1 Å². The van der Waals surface area contributed by atoms with E-state index < -0.39 is 14.9 Å². The van der Waals surface area contributed by atoms with Gasteiger partial charge in [0, 0.05) is 22.1 Å². The van der Waals surface area contributed by atoms with Gasteiger partial charge in [-0.15, -0.1) is 0 Å². The van der Waals surface area contributed by atoms with Crippen LogP contribution in [0.2, 0.25) is 0 Å². The number of halogens is 1. The molecule has 22 heavy (non-hydrogen) atoms. The first-order chi connectivity index (χ1) is 10.2. The monoisotopic (exact) mass is 391 g/mol. The fourth-order valence-electron chi connectivity index (χ4n) is 2.44. The molecule has 122 valence electrons. The lowest BCUT2D eigenvalue weighted by molar-refractivity contribution is -0.385. The topological polar surface area (TPSA) is 101 Å². The van der Waals surface area contributed by atoms with Crippen LogP contribution < -0.4 is 10.0 Å². The van der Waals surface area contributed by atoms with E-state index in [0.29, 0.717) is 16.5 Å². The molecule has 2 rings (SSSR count). The van der Waals surface area contributed by atoms with E-state index in [9.17, 15) is 18.5 Å². The third-order valence-electron chi connectivity index (χ3n) is 3.89. The van der Waals surface area contributed by atoms with Crippen molar-refractivity contribution in [2.24, 2.45) is 5.92 Å². The van der Waals surface area contributed by atoms with E-state index in [1.807, 2.05) is 6.92 Å². The van der Waals surface area contributed by atoms with Crippen molar-refractivity contribution in [2.45, 2.75) is 31.2 Å². The van der Waals surface area contributed by atoms with Crippen molar-refractivity contribution in [3.63, 3.8) is 0 Å². The average Bonchev–Trinajstić information content (AvgIpc) is 2.43. The second-order valence-electron chi connectivity index (χ2n) is 5.50. The van der Waals surface area contributed by atoms with Crippen LogP contribution in [-0.4, -0.2) is 32.5 Å². The number of rotatable bonds is 4. The number of nitro benzene ring substituents is 1. The Morgan fingerprint density at radius 1 is 1.45 bits per heavy atom. The second kappa shape index (κ2) is 6.61. The zero-order chi connectivity index (χ0) is 16.5. The van der Waals surface area contributed by atoms with Crippen LogP contribution in [0.15, 0.2) is 21.5 Å². The van der Waals surface area contributed by atoms with Gasteiger partial charge < -0.3 is 5.32 Å². The number of hydrogen-bond acceptors (Lipinski definition) is 5. The Morgan fingerprint density at radius 3 is 2.73 bits per heavy atom. The predicted molar refractivity (Wildman–Crippen MR) is 86.3 cm³/mol. The molecule has 0 radical (unpaired) electrons. The molecule has 1 saturated heterocycles. The summed E-state index contributed by atoms with van der Waals surface area (Å²) in [5.41, 5.74) is 0.187. The van der Waals surface area contributed by atoms with Gasteiger partial charge in [-0.2, -0.15) is 0 Å². The zero-order valence-corrected chi connectivity index (χ0v) is 14.7. The van der Waals surface area contributed by atoms with Crippen LogP contribution in [0, 0.1) is 23.0 Å². The Hall–Kier alpha value is -1.03. The van der Waals surface area contributed by atoms with Gasteiger partial charge >= 0.3 is 0 Å². The molecule has 7 nitrogen and oxygen atoms in total. The number of nitro groups is 1. The fourth-order valence-corrected chi connectivity index (χ4v) is 4.47. The van der Waals surface area contributed by atoms with E-state index in [4.69, 9.17) is 0 Å². The Bertz CT molecular complexity index is 693. The van der Waals surface area contributed by atoms with Gasteiger partial charge in [-0.05, 0) is 38.4 Å². The van der Waals surface area contributed by atoms with E-state index in [1.165, 1.54) is 6.07 Å². The minimum absolute atomic E-state index is 0.0950. The van der Waals surface area contributed by atoms with Crippen LogP contribution in [0.1, 0.15) is 18.9 Å². The maximum Gasteiger partial charge on any atom is 0.274 e. The molecular weight excluding hydrogens is 374 g/mol. The standard InChI is InChI=1S/C13H18BrN3O4S/c1-8-7-15-4-3-12(8)16-22(20,21)10-5-11(14)9(2)13(6-10)17(18)19/h5-6,8,12,15-16H,3-4,7H2,1-2H3. The third kappa shape index (κ3) is 3.65. The molecule has 0 saturated carbocycles. The summed E-state index contributed by atoms with van der Waals surface area (Å²) in [6, 6.07) is 2.33. The van der Waals surface area contributed by atoms with Crippen molar-refractivity contribution < 1.29 is 13.3 Å². The van der Waals surface area contributed by atoms with E-state index in [2.05, 4.69) is 26.0 Å². The van der Waals surface area contributed by atoms with Gasteiger partial charge in [0.1, 0.15) is 0 Å². The van der Waals surface area contributed by atoms with Gasteiger partial charge in [0.25, 0.3) is 5.69 Å². The summed E-state index contributed by atoms with van der Waals surface area (Å²) in [6.45, 7) is 5.02. The Morgan fingerprint density at radius 2 is 2.14 bits per heavy atom. The molecule has 1 aromatic carbocycles. The minimum atomic E-state index is -3.80. The first kappa shape index (κ1) is 17.3. The van der Waals surface area contributed by atoms with Gasteiger partial charge in [-0.25, -0.2) is 13.1 Å². The largest absolute Gasteiger partial charge is 0.316 e. The van der Waals surface area contributed by atoms with Crippen LogP contribution in [0.25, 0.3) is 0 Å². The highest BCUT2D eigenvalue weighted by molar-refractivity contribution is 9.10. The third-order valence-corrected chi connectivity index (χ3v) is 6.18. The van der Waals surface area contributed by atoms with Gasteiger partial charge in [0.15, 0.2) is 0 Å². The lowest BCUT2D eigenvalue weighted by atomic mass is 9.97. The first-order valence-corrected chi connectivity index (χ1v) is 9.17. The highest BCUT2D eigenvalue weighted by atomic mass is 79.9. The van der Waals surface area contributed by atoms with Crippen molar-refractivity contribution in [1.29, 1.82) is 0 Å². The molecule has 1 aromatic rings. The van der Waals surface area contributed by atoms with Gasteiger partial charge in [0.2, 0.25) is 10.0 Å². The van der Waals surface area contributed by atoms with Gasteiger partial charge in [0.05, 0.1) is 9.82 Å². The van der Waals surface area contributed by atoms with Crippen LogP contribution in [-0.2, 0) is 10.0 Å². The summed E-state index contributed by atoms with van der Waals surface area (Å²) >= 11 is 3.19. The summed E-state index contributed by atoms with van der Waals surface area (Å²) in [5, 5.41) is 14.3. The second-order valence-corrected chi connectivity index (χ2v) is 8.07. The van der Waals surface area contributed by atoms with Crippen molar-refractivity contribution >= 4 is 31.6 Å². The summed E-state index contributed by atoms with van der Waals surface area (Å²) in [7, 11) is -3.80. The maximum atomic E-state index is 12.5. The quantitative estimate of drug-likeness (QED) is 0.603. The predicted octanol–water partition coefficient (Wildman–Crippen LogP) is 1.94. The minimum Gasteiger partial charge on any atom is -0.316 e. The Labute approximate surface area is 137 Å². The number of nitrogens with one attached hydrogen (secondary N) is 2. The van der Waals surface area contributed by atoms with Crippen LogP contribution in [0.4, 0.5) is 5.69 Å². The van der Waals surface area contributed by atoms with Crippen LogP contribution in [0.3, 0.4) is 0 Å². The molecule has 1 aliphatic rings. The molecule has 0 aromatic heterocycles. The average molecular weight is 392 g/mol. The lowest BCUT2D eigenvalue weighted by Gasteiger charge is -2.29. The zero-order valence-electron chi connectivity index (χ0n) is 12.3. The first-order valence-electron chi connectivity index (χ1n) is 6.90. The molecule has 2 N–H and O–H groups in total. The summed E-state index contributed by atoms with van der Waals surface area (Å²) < 4.78 is 28.1. The van der Waals surface area contributed by atoms with E-state index in [0.717, 1.165) is 19.2 Å². The van der Waals surface area contributed by atoms with E-state index in [-0.39, 0.29) is 22.5 Å². The lowest BCUT2D eigenvalue weighted by Crippen LogP contribution is -2.48. The number of nitrogens with zero attached hydrogens (tertiary/aromatic N) is 1. The number of hydrogen-bond donors (Lipinski definition) is 2. The summed E-state index contributed by atoms with van der Waals surface area (Å²) in [4.78, 5) is 10.4. The molecule has 1 fully saturated rings. The number of piperidine rings is 1. The Kier molecular flexibility index (Phi) is 5.21. The Balaban J connectivity index is 2.35. The van der Waals surface area contributed by atoms with Crippen LogP contribution in [0.5, 0.6) is 0 Å². The fraction of sp³-hybridized carbons (Fsp3) is 0.538. The van der Waals surface area contributed by atoms with Crippen LogP contribution >= 0.6 is 15.9 Å². The normalized spacial score (nSPS) is 22.5. The smallest absolute Gasteiger partial charge is 0.274 e. The molecule has 1 aliphatic heterocycles. The molecular formula is C13H18BrN3O4S. The van der Waals surface area contributed by atoms with Crippen molar-refractivity contribution in [3.8, 4) is 0 Å². The maximum absolute atomic E-state index is 12.5. The van der Waals surface area contributed by atoms with Gasteiger partial charge in [-0.3, -0.25) is 10.1 Å². The highest BCUT2D eigenvalue weighted by Crippen LogP contribution is 2.30. The number of sulfonamides is 1. The van der Waals surface area contributed by atoms with Crippen molar-refractivity contribution in [3.05, 3.63) is 32.3 Å². The van der Waals surface area contributed by atoms with Gasteiger partial charge in [-0.1, -0.05) is 22.9 Å². The molecule has 1 heterocycles. The van der Waals surface area contributed by atoms with E-state index in [1.54, 1.807) is 6.92 Å². The number of benzene rings is 1. The van der Waals surface area contributed by atoms with Crippen molar-refractivity contribution in [1.82, 2.24) is 10.0 Å². The highest BCUT2D eigenvalue weighted by Gasteiger charge is 2.28. The molecule has 0 bridgehead atoms. The molecule has 0 amide bonds. The summed E-state index contributed by atoms with van der Waals surface area (Å²) in [5.74, 6) is 0.160. The molecule has 2 atom stereocenters. The summed E-state index contributed by atoms with van der Waals surface area (Å²) in [6.07, 6.45) is 0.690. The molecule has 2 unspecified atom stereocenters. The molecule has 0 aliphatic carbocycles. The SMILES string of the molecule is Cc1c(Br)cc(S(=O)(=O)NC2CCNCC2C)cc1[N+](=O)[O-].